The van der Waals surface area contributed by atoms with Crippen LogP contribution in [0.4, 0.5) is 29.2 Å². The molecule has 0 bridgehead atoms. The Morgan fingerprint density at radius 1 is 0.759 bits per heavy atom. The number of anilines is 4. The lowest BCUT2D eigenvalue weighted by Crippen LogP contribution is -2.05. The van der Waals surface area contributed by atoms with Gasteiger partial charge in [-0.15, -0.1) is 0 Å². The summed E-state index contributed by atoms with van der Waals surface area (Å²) in [5.41, 5.74) is 5.37. The minimum Gasteiger partial charge on any atom is -0.324 e. The zero-order valence-corrected chi connectivity index (χ0v) is 16.7. The van der Waals surface area contributed by atoms with Crippen LogP contribution in [0.25, 0.3) is 0 Å². The smallest absolute Gasteiger partial charge is 0.256 e. The van der Waals surface area contributed by atoms with Gasteiger partial charge in [0, 0.05) is 17.1 Å². The summed E-state index contributed by atoms with van der Waals surface area (Å²) in [4.78, 5) is 18.2. The summed E-state index contributed by atoms with van der Waals surface area (Å²) < 4.78 is 0. The number of aromatic nitrogens is 3. The maximum Gasteiger partial charge on any atom is 0.256 e. The number of hydrogen-bond acceptors (Lipinski definition) is 6. The molecule has 3 aromatic rings. The molecule has 29 heavy (non-hydrogen) atoms. The van der Waals surface area contributed by atoms with E-state index in [9.17, 15) is 0 Å². The van der Waals surface area contributed by atoms with Gasteiger partial charge in [-0.1, -0.05) is 41.5 Å². The van der Waals surface area contributed by atoms with Crippen molar-refractivity contribution < 1.29 is 0 Å². The summed E-state index contributed by atoms with van der Waals surface area (Å²) >= 11 is 0. The first-order valence-electron chi connectivity index (χ1n) is 9.81. The Balaban J connectivity index is 1.67. The SMILES string of the molecule is CC1=CC(=Nc2nc(Nc3ccccc3)nc(Nc3ccc(C)cc3)n2)CCC1. The lowest BCUT2D eigenvalue weighted by molar-refractivity contribution is 0.835. The largest absolute Gasteiger partial charge is 0.324 e. The lowest BCUT2D eigenvalue weighted by Gasteiger charge is -2.12. The van der Waals surface area contributed by atoms with Gasteiger partial charge in [0.05, 0.1) is 0 Å². The molecule has 0 aliphatic heterocycles. The zero-order chi connectivity index (χ0) is 20.1. The third kappa shape index (κ3) is 5.25. The number of nitrogens with one attached hydrogen (secondary N) is 2. The second kappa shape index (κ2) is 8.65. The van der Waals surface area contributed by atoms with Gasteiger partial charge in [-0.2, -0.15) is 15.0 Å². The van der Waals surface area contributed by atoms with E-state index in [-0.39, 0.29) is 0 Å². The molecule has 6 nitrogen and oxygen atoms in total. The molecule has 1 aliphatic rings. The first kappa shape index (κ1) is 18.8. The third-order valence-corrected chi connectivity index (χ3v) is 4.62. The molecule has 146 valence electrons. The summed E-state index contributed by atoms with van der Waals surface area (Å²) in [5.74, 6) is 1.31. The van der Waals surface area contributed by atoms with Crippen LogP contribution in [0.1, 0.15) is 31.7 Å². The van der Waals surface area contributed by atoms with Crippen molar-refractivity contribution in [3.05, 3.63) is 71.8 Å². The van der Waals surface area contributed by atoms with E-state index in [2.05, 4.69) is 50.5 Å². The van der Waals surface area contributed by atoms with Gasteiger partial charge in [0.1, 0.15) is 0 Å². The topological polar surface area (TPSA) is 75.1 Å². The summed E-state index contributed by atoms with van der Waals surface area (Å²) in [6.45, 7) is 4.19. The van der Waals surface area contributed by atoms with E-state index in [1.807, 2.05) is 54.6 Å². The quantitative estimate of drug-likeness (QED) is 0.575. The highest BCUT2D eigenvalue weighted by Gasteiger charge is 2.10. The molecule has 0 radical (unpaired) electrons. The molecule has 0 amide bonds. The van der Waals surface area contributed by atoms with Crippen LogP contribution in [0, 0.1) is 6.92 Å². The standard InChI is InChI=1S/C23H24N6/c1-16-11-13-19(14-12-16)25-22-27-21(24-18-8-4-3-5-9-18)28-23(29-22)26-20-10-6-7-17(2)15-20/h3-5,8-9,11-15H,6-7,10H2,1-2H3,(H2,24,25,27,28,29). The van der Waals surface area contributed by atoms with Crippen molar-refractivity contribution in [3.63, 3.8) is 0 Å². The van der Waals surface area contributed by atoms with Gasteiger partial charge in [-0.25, -0.2) is 4.99 Å². The number of para-hydroxylation sites is 1. The van der Waals surface area contributed by atoms with Crippen LogP contribution in [-0.4, -0.2) is 20.7 Å². The van der Waals surface area contributed by atoms with Crippen LogP contribution < -0.4 is 10.6 Å². The Labute approximate surface area is 170 Å². The first-order valence-corrected chi connectivity index (χ1v) is 9.81. The number of allylic oxidation sites excluding steroid dienone is 2. The number of nitrogens with zero attached hydrogens (tertiary/aromatic N) is 4. The molecule has 4 rings (SSSR count). The van der Waals surface area contributed by atoms with Crippen LogP contribution in [0.15, 0.2) is 71.2 Å². The summed E-state index contributed by atoms with van der Waals surface area (Å²) in [7, 11) is 0. The van der Waals surface area contributed by atoms with Crippen LogP contribution in [0.3, 0.4) is 0 Å². The lowest BCUT2D eigenvalue weighted by atomic mass is 9.99. The molecular formula is C23H24N6. The monoisotopic (exact) mass is 384 g/mol. The van der Waals surface area contributed by atoms with Crippen molar-refractivity contribution in [3.8, 4) is 0 Å². The molecule has 0 atom stereocenters. The molecular weight excluding hydrogens is 360 g/mol. The van der Waals surface area contributed by atoms with Crippen molar-refractivity contribution in [2.24, 2.45) is 4.99 Å². The van der Waals surface area contributed by atoms with Gasteiger partial charge in [-0.05, 0) is 63.5 Å². The number of aryl methyl sites for hydroxylation is 1. The second-order valence-electron chi connectivity index (χ2n) is 7.21. The molecule has 0 saturated heterocycles. The Morgan fingerprint density at radius 2 is 1.41 bits per heavy atom. The maximum absolute atomic E-state index is 4.69. The van der Waals surface area contributed by atoms with Crippen LogP contribution in [0.5, 0.6) is 0 Å². The zero-order valence-electron chi connectivity index (χ0n) is 16.7. The fourth-order valence-electron chi connectivity index (χ4n) is 3.14. The van der Waals surface area contributed by atoms with Crippen LogP contribution >= 0.6 is 0 Å². The van der Waals surface area contributed by atoms with Crippen LogP contribution in [0.2, 0.25) is 0 Å². The molecule has 1 heterocycles. The molecule has 0 unspecified atom stereocenters. The Hall–Kier alpha value is -3.54. The molecule has 1 aromatic heterocycles. The van der Waals surface area contributed by atoms with E-state index in [1.165, 1.54) is 11.1 Å². The summed E-state index contributed by atoms with van der Waals surface area (Å²) in [6, 6.07) is 17.9. The number of benzene rings is 2. The van der Waals surface area contributed by atoms with E-state index >= 15 is 0 Å². The normalized spacial score (nSPS) is 15.1. The molecule has 0 spiro atoms. The fraction of sp³-hybridized carbons (Fsp3) is 0.217. The first-order chi connectivity index (χ1) is 14.1. The van der Waals surface area contributed by atoms with E-state index < -0.39 is 0 Å². The molecule has 0 fully saturated rings. The highest BCUT2D eigenvalue weighted by molar-refractivity contribution is 5.97. The number of hydrogen-bond donors (Lipinski definition) is 2. The van der Waals surface area contributed by atoms with Gasteiger partial charge in [-0.3, -0.25) is 0 Å². The molecule has 6 heteroatoms. The van der Waals surface area contributed by atoms with Crippen molar-refractivity contribution in [1.29, 1.82) is 0 Å². The number of rotatable bonds is 5. The van der Waals surface area contributed by atoms with Gasteiger partial charge in [0.15, 0.2) is 0 Å². The predicted molar refractivity (Wildman–Crippen MR) is 119 cm³/mol. The Bertz CT molecular complexity index is 1040. The van der Waals surface area contributed by atoms with E-state index in [0.717, 1.165) is 36.3 Å². The van der Waals surface area contributed by atoms with Gasteiger partial charge in [0.2, 0.25) is 11.9 Å². The molecule has 2 N–H and O–H groups in total. The minimum absolute atomic E-state index is 0.397. The van der Waals surface area contributed by atoms with Gasteiger partial charge in [0.25, 0.3) is 5.95 Å². The average Bonchev–Trinajstić information content (AvgIpc) is 2.70. The average molecular weight is 384 g/mol. The number of aliphatic imine (C=N–C) groups is 1. The molecule has 1 aliphatic carbocycles. The van der Waals surface area contributed by atoms with Crippen molar-refractivity contribution in [2.45, 2.75) is 33.1 Å². The van der Waals surface area contributed by atoms with Crippen molar-refractivity contribution in [1.82, 2.24) is 15.0 Å². The summed E-state index contributed by atoms with van der Waals surface area (Å²) in [5, 5.41) is 6.50. The Morgan fingerprint density at radius 3 is 2.07 bits per heavy atom. The van der Waals surface area contributed by atoms with Gasteiger partial charge >= 0.3 is 0 Å². The summed E-state index contributed by atoms with van der Waals surface area (Å²) in [6.07, 6.45) is 5.29. The Kier molecular flexibility index (Phi) is 5.61. The van der Waals surface area contributed by atoms with Crippen molar-refractivity contribution in [2.75, 3.05) is 10.6 Å². The predicted octanol–water partition coefficient (Wildman–Crippen LogP) is 5.87. The minimum atomic E-state index is 0.397. The van der Waals surface area contributed by atoms with E-state index in [4.69, 9.17) is 0 Å². The highest BCUT2D eigenvalue weighted by Crippen LogP contribution is 2.22. The maximum atomic E-state index is 4.69. The van der Waals surface area contributed by atoms with E-state index in [1.54, 1.807) is 0 Å². The second-order valence-corrected chi connectivity index (χ2v) is 7.21. The van der Waals surface area contributed by atoms with Crippen LogP contribution in [-0.2, 0) is 0 Å². The molecule has 2 aromatic carbocycles. The van der Waals surface area contributed by atoms with E-state index in [0.29, 0.717) is 17.8 Å². The van der Waals surface area contributed by atoms with Crippen molar-refractivity contribution >= 4 is 34.9 Å². The third-order valence-electron chi connectivity index (χ3n) is 4.62. The van der Waals surface area contributed by atoms with Gasteiger partial charge < -0.3 is 10.6 Å². The fourth-order valence-corrected chi connectivity index (χ4v) is 3.14. The molecule has 0 saturated carbocycles. The highest BCUT2D eigenvalue weighted by atomic mass is 15.3.